The third kappa shape index (κ3) is 2.91. The van der Waals surface area contributed by atoms with Gasteiger partial charge < -0.3 is 16.2 Å². The fourth-order valence-corrected chi connectivity index (χ4v) is 3.81. The molecule has 0 radical (unpaired) electrons. The van der Waals surface area contributed by atoms with Gasteiger partial charge in [0.05, 0.1) is 28.6 Å². The molecular formula is C22H17BrN2O3. The lowest BCUT2D eigenvalue weighted by atomic mass is 9.82. The molecule has 0 aromatic heterocycles. The minimum absolute atomic E-state index is 0.209. The number of nitrogen functional groups attached to an aromatic ring is 1. The number of fused-ring (bicyclic) bond motifs is 2. The van der Waals surface area contributed by atoms with E-state index in [2.05, 4.69) is 21.2 Å². The predicted molar refractivity (Wildman–Crippen MR) is 112 cm³/mol. The minimum atomic E-state index is -0.567. The van der Waals surface area contributed by atoms with Crippen molar-refractivity contribution in [3.63, 3.8) is 0 Å². The van der Waals surface area contributed by atoms with E-state index in [-0.39, 0.29) is 28.4 Å². The molecule has 3 aromatic rings. The molecule has 0 heterocycles. The standard InChI is InChI=1S/C22H17BrN2O3/c1-11(26)12-6-8-13(9-7-12)25-17-10-16(23)20(24)19-18(17)21(27)14-4-2-3-5-15(14)22(19)28/h2-11,25-26H,24H2,1H3. The van der Waals surface area contributed by atoms with Crippen molar-refractivity contribution in [1.29, 1.82) is 0 Å². The SMILES string of the molecule is CC(O)c1ccc(Nc2cc(Br)c(N)c3c2C(=O)c2ccccc2C3=O)cc1. The van der Waals surface area contributed by atoms with Crippen LogP contribution >= 0.6 is 15.9 Å². The molecule has 4 N–H and O–H groups in total. The number of halogens is 1. The number of ketones is 2. The summed E-state index contributed by atoms with van der Waals surface area (Å²) in [6.07, 6.45) is -0.567. The van der Waals surface area contributed by atoms with E-state index in [4.69, 9.17) is 5.73 Å². The zero-order chi connectivity index (χ0) is 20.0. The van der Waals surface area contributed by atoms with E-state index in [1.165, 1.54) is 0 Å². The number of anilines is 3. The van der Waals surface area contributed by atoms with Gasteiger partial charge in [-0.15, -0.1) is 0 Å². The Morgan fingerprint density at radius 3 is 2.11 bits per heavy atom. The van der Waals surface area contributed by atoms with Crippen molar-refractivity contribution < 1.29 is 14.7 Å². The van der Waals surface area contributed by atoms with Gasteiger partial charge in [0.1, 0.15) is 0 Å². The Morgan fingerprint density at radius 2 is 1.54 bits per heavy atom. The molecule has 140 valence electrons. The van der Waals surface area contributed by atoms with Crippen LogP contribution in [0.25, 0.3) is 0 Å². The number of carbonyl (C=O) groups is 2. The Morgan fingerprint density at radius 1 is 0.964 bits per heavy atom. The van der Waals surface area contributed by atoms with Gasteiger partial charge in [-0.3, -0.25) is 9.59 Å². The van der Waals surface area contributed by atoms with E-state index < -0.39 is 6.10 Å². The summed E-state index contributed by atoms with van der Waals surface area (Å²) in [6.45, 7) is 1.69. The first-order valence-electron chi connectivity index (χ1n) is 8.74. The molecule has 1 atom stereocenters. The molecule has 28 heavy (non-hydrogen) atoms. The van der Waals surface area contributed by atoms with Gasteiger partial charge in [-0.1, -0.05) is 36.4 Å². The van der Waals surface area contributed by atoms with Crippen LogP contribution in [0.1, 0.15) is 50.4 Å². The van der Waals surface area contributed by atoms with Crippen LogP contribution in [0.5, 0.6) is 0 Å². The third-order valence-corrected chi connectivity index (χ3v) is 5.52. The first-order chi connectivity index (χ1) is 13.4. The van der Waals surface area contributed by atoms with Gasteiger partial charge in [-0.2, -0.15) is 0 Å². The number of aliphatic hydroxyl groups excluding tert-OH is 1. The van der Waals surface area contributed by atoms with Crippen molar-refractivity contribution in [2.24, 2.45) is 0 Å². The largest absolute Gasteiger partial charge is 0.397 e. The van der Waals surface area contributed by atoms with Crippen LogP contribution in [0.15, 0.2) is 59.1 Å². The lowest BCUT2D eigenvalue weighted by Gasteiger charge is -2.23. The molecule has 0 saturated carbocycles. The van der Waals surface area contributed by atoms with Crippen LogP contribution < -0.4 is 11.1 Å². The maximum atomic E-state index is 13.2. The van der Waals surface area contributed by atoms with Crippen molar-refractivity contribution in [3.05, 3.63) is 86.9 Å². The highest BCUT2D eigenvalue weighted by atomic mass is 79.9. The van der Waals surface area contributed by atoms with E-state index in [1.807, 2.05) is 12.1 Å². The highest BCUT2D eigenvalue weighted by Gasteiger charge is 2.34. The Kier molecular flexibility index (Phi) is 4.53. The first-order valence-corrected chi connectivity index (χ1v) is 9.53. The summed E-state index contributed by atoms with van der Waals surface area (Å²) in [4.78, 5) is 26.2. The van der Waals surface area contributed by atoms with Crippen LogP contribution in [0, 0.1) is 0 Å². The van der Waals surface area contributed by atoms with Gasteiger partial charge in [-0.25, -0.2) is 0 Å². The van der Waals surface area contributed by atoms with Crippen molar-refractivity contribution >= 4 is 44.6 Å². The Bertz CT molecular complexity index is 1120. The molecule has 0 amide bonds. The molecule has 0 saturated heterocycles. The number of rotatable bonds is 3. The van der Waals surface area contributed by atoms with Crippen molar-refractivity contribution in [1.82, 2.24) is 0 Å². The fourth-order valence-electron chi connectivity index (χ4n) is 3.38. The number of aliphatic hydroxyl groups is 1. The van der Waals surface area contributed by atoms with Gasteiger partial charge in [0.2, 0.25) is 0 Å². The Hall–Kier alpha value is -2.96. The van der Waals surface area contributed by atoms with Gasteiger partial charge in [0, 0.05) is 21.3 Å². The fraction of sp³-hybridized carbons (Fsp3) is 0.0909. The molecule has 0 fully saturated rings. The van der Waals surface area contributed by atoms with E-state index in [1.54, 1.807) is 49.4 Å². The lowest BCUT2D eigenvalue weighted by molar-refractivity contribution is 0.0980. The quantitative estimate of drug-likeness (QED) is 0.408. The zero-order valence-corrected chi connectivity index (χ0v) is 16.6. The maximum absolute atomic E-state index is 13.2. The number of carbonyl (C=O) groups excluding carboxylic acids is 2. The molecule has 5 nitrogen and oxygen atoms in total. The summed E-state index contributed by atoms with van der Waals surface area (Å²) < 4.78 is 0.537. The molecule has 0 spiro atoms. The summed E-state index contributed by atoms with van der Waals surface area (Å²) >= 11 is 3.40. The molecule has 1 unspecified atom stereocenters. The lowest BCUT2D eigenvalue weighted by Crippen LogP contribution is -2.23. The topological polar surface area (TPSA) is 92.4 Å². The molecule has 3 aromatic carbocycles. The van der Waals surface area contributed by atoms with Gasteiger partial charge in [-0.05, 0) is 46.6 Å². The Balaban J connectivity index is 1.85. The number of hydrogen-bond donors (Lipinski definition) is 3. The predicted octanol–water partition coefficient (Wildman–Crippen LogP) is 4.60. The second-order valence-electron chi connectivity index (χ2n) is 6.70. The Labute approximate surface area is 170 Å². The highest BCUT2D eigenvalue weighted by molar-refractivity contribution is 9.10. The smallest absolute Gasteiger partial charge is 0.196 e. The van der Waals surface area contributed by atoms with E-state index >= 15 is 0 Å². The normalized spacial score (nSPS) is 13.7. The molecule has 0 aliphatic heterocycles. The second kappa shape index (κ2) is 6.89. The van der Waals surface area contributed by atoms with E-state index in [0.717, 1.165) is 11.3 Å². The van der Waals surface area contributed by atoms with Crippen LogP contribution in [-0.4, -0.2) is 16.7 Å². The average molecular weight is 437 g/mol. The number of nitrogens with two attached hydrogens (primary N) is 1. The van der Waals surface area contributed by atoms with Gasteiger partial charge >= 0.3 is 0 Å². The number of hydrogen-bond acceptors (Lipinski definition) is 5. The molecule has 1 aliphatic rings. The second-order valence-corrected chi connectivity index (χ2v) is 7.55. The minimum Gasteiger partial charge on any atom is -0.397 e. The molecular weight excluding hydrogens is 420 g/mol. The van der Waals surface area contributed by atoms with Crippen LogP contribution in [0.3, 0.4) is 0 Å². The van der Waals surface area contributed by atoms with Gasteiger partial charge in [0.15, 0.2) is 11.6 Å². The van der Waals surface area contributed by atoms with Crippen molar-refractivity contribution in [3.8, 4) is 0 Å². The van der Waals surface area contributed by atoms with Gasteiger partial charge in [0.25, 0.3) is 0 Å². The molecule has 1 aliphatic carbocycles. The first kappa shape index (κ1) is 18.4. The van der Waals surface area contributed by atoms with Crippen molar-refractivity contribution in [2.75, 3.05) is 11.1 Å². The maximum Gasteiger partial charge on any atom is 0.196 e. The summed E-state index contributed by atoms with van der Waals surface area (Å²) in [5, 5.41) is 12.9. The van der Waals surface area contributed by atoms with Crippen LogP contribution in [0.2, 0.25) is 0 Å². The average Bonchev–Trinajstić information content (AvgIpc) is 2.69. The number of benzene rings is 3. The summed E-state index contributed by atoms with van der Waals surface area (Å²) in [5.74, 6) is -0.510. The summed E-state index contributed by atoms with van der Waals surface area (Å²) in [5.41, 5.74) is 9.61. The number of nitrogens with one attached hydrogen (secondary N) is 1. The van der Waals surface area contributed by atoms with Crippen molar-refractivity contribution in [2.45, 2.75) is 13.0 Å². The highest BCUT2D eigenvalue weighted by Crippen LogP contribution is 2.40. The van der Waals surface area contributed by atoms with Crippen LogP contribution in [0.4, 0.5) is 17.1 Å². The van der Waals surface area contributed by atoms with E-state index in [9.17, 15) is 14.7 Å². The zero-order valence-electron chi connectivity index (χ0n) is 15.0. The molecule has 0 bridgehead atoms. The third-order valence-electron chi connectivity index (χ3n) is 4.86. The summed E-state index contributed by atoms with van der Waals surface area (Å²) in [7, 11) is 0. The van der Waals surface area contributed by atoms with Crippen LogP contribution in [-0.2, 0) is 0 Å². The molecule has 4 rings (SSSR count). The molecule has 6 heteroatoms. The monoisotopic (exact) mass is 436 g/mol. The summed E-state index contributed by atoms with van der Waals surface area (Å²) in [6, 6.07) is 15.7. The van der Waals surface area contributed by atoms with E-state index in [0.29, 0.717) is 21.3 Å².